The number of hydrogen-bond acceptors (Lipinski definition) is 3. The topological polar surface area (TPSA) is 53.6 Å². The Kier molecular flexibility index (Phi) is 3.31. The van der Waals surface area contributed by atoms with Crippen LogP contribution in [0.2, 0.25) is 0 Å². The third kappa shape index (κ3) is 2.46. The van der Waals surface area contributed by atoms with Crippen molar-refractivity contribution in [1.29, 1.82) is 0 Å². The predicted molar refractivity (Wildman–Crippen MR) is 62.8 cm³/mol. The molecule has 0 aliphatic carbocycles. The van der Waals surface area contributed by atoms with Crippen LogP contribution in [-0.2, 0) is 6.54 Å². The molecule has 0 unspecified atom stereocenters. The number of hydrogen-bond donors (Lipinski definition) is 2. The number of nitrogens with one attached hydrogen (secondary N) is 2. The average Bonchev–Trinajstić information content (AvgIpc) is 2.73. The van der Waals surface area contributed by atoms with Gasteiger partial charge in [-0.3, -0.25) is 4.98 Å². The largest absolute Gasteiger partial charge is 0.348 e. The van der Waals surface area contributed by atoms with E-state index in [1.165, 1.54) is 5.56 Å². The van der Waals surface area contributed by atoms with E-state index >= 15 is 0 Å². The Morgan fingerprint density at radius 2 is 2.12 bits per heavy atom. The summed E-state index contributed by atoms with van der Waals surface area (Å²) in [6, 6.07) is 4.35. The highest BCUT2D eigenvalue weighted by Crippen LogP contribution is 2.11. The molecule has 0 saturated carbocycles. The van der Waals surface area contributed by atoms with E-state index in [0.717, 1.165) is 17.9 Å². The van der Waals surface area contributed by atoms with Gasteiger partial charge in [0.05, 0.1) is 12.0 Å². The lowest BCUT2D eigenvalue weighted by atomic mass is 10.1. The number of H-pyrrole nitrogens is 1. The van der Waals surface area contributed by atoms with Crippen molar-refractivity contribution in [3.05, 3.63) is 47.8 Å². The lowest BCUT2D eigenvalue weighted by molar-refractivity contribution is 0.567. The fourth-order valence-electron chi connectivity index (χ4n) is 1.59. The van der Waals surface area contributed by atoms with E-state index in [9.17, 15) is 0 Å². The minimum absolute atomic E-state index is 0.305. The van der Waals surface area contributed by atoms with Gasteiger partial charge >= 0.3 is 0 Å². The Balaban J connectivity index is 1.94. The van der Waals surface area contributed by atoms with E-state index < -0.39 is 0 Å². The summed E-state index contributed by atoms with van der Waals surface area (Å²) in [5.41, 5.74) is 3.43. The number of aromatic nitrogens is 3. The zero-order chi connectivity index (χ0) is 11.4. The Bertz CT molecular complexity index is 435. The van der Waals surface area contributed by atoms with Gasteiger partial charge in [0, 0.05) is 30.7 Å². The molecule has 4 nitrogen and oxygen atoms in total. The fraction of sp³-hybridized carbons (Fsp3) is 0.333. The van der Waals surface area contributed by atoms with Gasteiger partial charge in [0.25, 0.3) is 0 Å². The molecular weight excluding hydrogens is 200 g/mol. The Morgan fingerprint density at radius 3 is 2.75 bits per heavy atom. The maximum atomic E-state index is 4.25. The maximum Gasteiger partial charge on any atom is 0.0925 e. The van der Waals surface area contributed by atoms with Crippen LogP contribution in [0.15, 0.2) is 30.9 Å². The van der Waals surface area contributed by atoms with Crippen LogP contribution in [0, 0.1) is 6.92 Å². The van der Waals surface area contributed by atoms with Crippen LogP contribution in [0.4, 0.5) is 0 Å². The van der Waals surface area contributed by atoms with Gasteiger partial charge in [-0.1, -0.05) is 0 Å². The molecule has 2 rings (SSSR count). The Morgan fingerprint density at radius 1 is 1.38 bits per heavy atom. The highest BCUT2D eigenvalue weighted by molar-refractivity contribution is 5.15. The molecule has 0 spiro atoms. The molecule has 4 heteroatoms. The molecule has 84 valence electrons. The van der Waals surface area contributed by atoms with Crippen LogP contribution in [0.25, 0.3) is 0 Å². The van der Waals surface area contributed by atoms with Gasteiger partial charge < -0.3 is 10.3 Å². The average molecular weight is 216 g/mol. The van der Waals surface area contributed by atoms with Gasteiger partial charge in [-0.2, -0.15) is 0 Å². The maximum absolute atomic E-state index is 4.25. The van der Waals surface area contributed by atoms with Crippen LogP contribution < -0.4 is 5.32 Å². The van der Waals surface area contributed by atoms with E-state index in [-0.39, 0.29) is 0 Å². The highest BCUT2D eigenvalue weighted by Gasteiger charge is 2.06. The molecule has 2 heterocycles. The number of aromatic amines is 1. The first-order valence-corrected chi connectivity index (χ1v) is 5.39. The van der Waals surface area contributed by atoms with Gasteiger partial charge in [-0.25, -0.2) is 4.98 Å². The van der Waals surface area contributed by atoms with Gasteiger partial charge in [0.2, 0.25) is 0 Å². The Labute approximate surface area is 95.1 Å². The van der Waals surface area contributed by atoms with E-state index in [1.807, 2.05) is 31.5 Å². The van der Waals surface area contributed by atoms with Crippen molar-refractivity contribution in [2.24, 2.45) is 0 Å². The van der Waals surface area contributed by atoms with E-state index in [1.54, 1.807) is 6.33 Å². The monoisotopic (exact) mass is 216 g/mol. The summed E-state index contributed by atoms with van der Waals surface area (Å²) in [5.74, 6) is 0. The number of pyridine rings is 1. The third-order valence-electron chi connectivity index (χ3n) is 2.72. The highest BCUT2D eigenvalue weighted by atomic mass is 15.0. The van der Waals surface area contributed by atoms with Crippen LogP contribution in [-0.4, -0.2) is 15.0 Å². The van der Waals surface area contributed by atoms with Crippen LogP contribution in [0.3, 0.4) is 0 Å². The van der Waals surface area contributed by atoms with Gasteiger partial charge in [-0.15, -0.1) is 0 Å². The Hall–Kier alpha value is -1.68. The number of imidazole rings is 1. The third-order valence-corrected chi connectivity index (χ3v) is 2.72. The normalized spacial score (nSPS) is 12.6. The van der Waals surface area contributed by atoms with Gasteiger partial charge in [0.1, 0.15) is 0 Å². The van der Waals surface area contributed by atoms with Gasteiger partial charge in [0.15, 0.2) is 0 Å². The number of nitrogens with zero attached hydrogens (tertiary/aromatic N) is 2. The molecule has 0 bridgehead atoms. The van der Waals surface area contributed by atoms with Crippen molar-refractivity contribution in [3.63, 3.8) is 0 Å². The summed E-state index contributed by atoms with van der Waals surface area (Å²) < 4.78 is 0. The molecule has 2 aromatic rings. The van der Waals surface area contributed by atoms with E-state index in [4.69, 9.17) is 0 Å². The minimum Gasteiger partial charge on any atom is -0.348 e. The first-order chi connectivity index (χ1) is 7.77. The molecule has 16 heavy (non-hydrogen) atoms. The van der Waals surface area contributed by atoms with Crippen LogP contribution in [0.1, 0.15) is 29.9 Å². The van der Waals surface area contributed by atoms with Crippen molar-refractivity contribution in [2.75, 3.05) is 0 Å². The lowest BCUT2D eigenvalue weighted by Crippen LogP contribution is -2.18. The smallest absolute Gasteiger partial charge is 0.0925 e. The molecule has 2 aromatic heterocycles. The molecule has 0 radical (unpaired) electrons. The van der Waals surface area contributed by atoms with Crippen LogP contribution in [0.5, 0.6) is 0 Å². The molecule has 0 fully saturated rings. The molecular formula is C12H16N4. The summed E-state index contributed by atoms with van der Waals surface area (Å²) in [5, 5.41) is 3.43. The molecule has 0 aliphatic rings. The first-order valence-electron chi connectivity index (χ1n) is 5.39. The summed E-state index contributed by atoms with van der Waals surface area (Å²) >= 11 is 0. The fourth-order valence-corrected chi connectivity index (χ4v) is 1.59. The second kappa shape index (κ2) is 4.90. The second-order valence-corrected chi connectivity index (χ2v) is 3.86. The molecule has 2 N–H and O–H groups in total. The van der Waals surface area contributed by atoms with Crippen molar-refractivity contribution >= 4 is 0 Å². The number of aryl methyl sites for hydroxylation is 1. The molecule has 0 aromatic carbocycles. The molecule has 1 atom stereocenters. The quantitative estimate of drug-likeness (QED) is 0.821. The lowest BCUT2D eigenvalue weighted by Gasteiger charge is -2.13. The van der Waals surface area contributed by atoms with E-state index in [0.29, 0.717) is 6.04 Å². The molecule has 0 amide bonds. The standard InChI is InChI=1S/C12H16N4/c1-9(11-3-5-13-6-4-11)14-7-12-10(2)15-8-16-12/h3-6,8-9,14H,7H2,1-2H3,(H,15,16)/t9-/m1/s1. The molecule has 0 aliphatic heterocycles. The molecule has 0 saturated heterocycles. The summed E-state index contributed by atoms with van der Waals surface area (Å²) in [6.07, 6.45) is 5.35. The minimum atomic E-state index is 0.305. The van der Waals surface area contributed by atoms with Crippen molar-refractivity contribution in [1.82, 2.24) is 20.3 Å². The van der Waals surface area contributed by atoms with Crippen molar-refractivity contribution < 1.29 is 0 Å². The zero-order valence-corrected chi connectivity index (χ0v) is 9.57. The van der Waals surface area contributed by atoms with Gasteiger partial charge in [-0.05, 0) is 31.5 Å². The van der Waals surface area contributed by atoms with Crippen molar-refractivity contribution in [3.8, 4) is 0 Å². The van der Waals surface area contributed by atoms with Crippen molar-refractivity contribution in [2.45, 2.75) is 26.4 Å². The summed E-state index contributed by atoms with van der Waals surface area (Å²) in [7, 11) is 0. The van der Waals surface area contributed by atoms with Crippen LogP contribution >= 0.6 is 0 Å². The zero-order valence-electron chi connectivity index (χ0n) is 9.57. The first kappa shape index (κ1) is 10.8. The predicted octanol–water partition coefficient (Wildman–Crippen LogP) is 1.96. The van der Waals surface area contributed by atoms with E-state index in [2.05, 4.69) is 27.2 Å². The second-order valence-electron chi connectivity index (χ2n) is 3.86. The number of rotatable bonds is 4. The SMILES string of the molecule is Cc1[nH]cnc1CN[C@H](C)c1ccncc1. The summed E-state index contributed by atoms with van der Waals surface area (Å²) in [4.78, 5) is 11.3. The summed E-state index contributed by atoms with van der Waals surface area (Å²) in [6.45, 7) is 4.94.